The van der Waals surface area contributed by atoms with Crippen LogP contribution in [0.5, 0.6) is 11.5 Å². The molecule has 1 amide bonds. The summed E-state index contributed by atoms with van der Waals surface area (Å²) < 4.78 is 12.0. The molecule has 0 saturated heterocycles. The van der Waals surface area contributed by atoms with Gasteiger partial charge in [-0.3, -0.25) is 14.4 Å². The molecule has 0 aromatic heterocycles. The third kappa shape index (κ3) is 5.60. The number of aldehydes is 1. The summed E-state index contributed by atoms with van der Waals surface area (Å²) >= 11 is 0. The Morgan fingerprint density at radius 1 is 1.17 bits per heavy atom. The topological polar surface area (TPSA) is 105 Å². The lowest BCUT2D eigenvalue weighted by atomic mass is 10.0. The molecule has 8 heteroatoms. The number of carboxylic acid groups (broad SMARTS) is 1. The van der Waals surface area contributed by atoms with Crippen LogP contribution in [0.1, 0.15) is 31.8 Å². The number of fused-ring (bicyclic) bond motifs is 1. The van der Waals surface area contributed by atoms with Gasteiger partial charge in [-0.05, 0) is 54.4 Å². The average Bonchev–Trinajstić information content (AvgIpc) is 2.82. The third-order valence-corrected chi connectivity index (χ3v) is 5.74. The van der Waals surface area contributed by atoms with E-state index in [0.717, 1.165) is 11.4 Å². The van der Waals surface area contributed by atoms with Gasteiger partial charge in [0.1, 0.15) is 24.2 Å². The van der Waals surface area contributed by atoms with Gasteiger partial charge >= 0.3 is 5.97 Å². The Bertz CT molecular complexity index is 1270. The van der Waals surface area contributed by atoms with Crippen LogP contribution < -0.4 is 19.7 Å². The van der Waals surface area contributed by atoms with Crippen LogP contribution in [0.2, 0.25) is 0 Å². The minimum absolute atomic E-state index is 0.143. The first kappa shape index (κ1) is 23.8. The van der Waals surface area contributed by atoms with Crippen molar-refractivity contribution in [1.29, 1.82) is 0 Å². The van der Waals surface area contributed by atoms with Crippen LogP contribution in [0.3, 0.4) is 0 Å². The lowest BCUT2D eigenvalue weighted by Crippen LogP contribution is -2.41. The molecule has 0 spiro atoms. The first-order valence-electron chi connectivity index (χ1n) is 11.2. The second kappa shape index (κ2) is 10.3. The summed E-state index contributed by atoms with van der Waals surface area (Å²) in [5, 5.41) is 11.7. The first-order chi connectivity index (χ1) is 16.8. The number of aliphatic carboxylic acids is 1. The van der Waals surface area contributed by atoms with Crippen molar-refractivity contribution in [3.63, 3.8) is 0 Å². The molecule has 1 atom stereocenters. The molecule has 2 N–H and O–H groups in total. The van der Waals surface area contributed by atoms with E-state index in [9.17, 15) is 14.4 Å². The van der Waals surface area contributed by atoms with Gasteiger partial charge in [-0.15, -0.1) is 0 Å². The van der Waals surface area contributed by atoms with Crippen LogP contribution in [0.4, 0.5) is 11.4 Å². The van der Waals surface area contributed by atoms with Crippen molar-refractivity contribution in [2.45, 2.75) is 19.4 Å². The zero-order chi connectivity index (χ0) is 24.9. The Kier molecular flexibility index (Phi) is 7.01. The Morgan fingerprint density at radius 3 is 2.74 bits per heavy atom. The minimum Gasteiger partial charge on any atom is -0.489 e. The molecular weight excluding hydrogens is 448 g/mol. The zero-order valence-electron chi connectivity index (χ0n) is 19.5. The molecule has 1 aliphatic heterocycles. The Labute approximate surface area is 203 Å². The summed E-state index contributed by atoms with van der Waals surface area (Å²) in [6, 6.07) is 17.6. The van der Waals surface area contributed by atoms with E-state index >= 15 is 0 Å². The molecule has 0 unspecified atom stereocenters. The summed E-state index contributed by atoms with van der Waals surface area (Å²) in [6.07, 6.45) is 0.286. The van der Waals surface area contributed by atoms with Gasteiger partial charge in [-0.2, -0.15) is 0 Å². The summed E-state index contributed by atoms with van der Waals surface area (Å²) in [5.41, 5.74) is 3.27. The molecule has 0 saturated carbocycles. The highest BCUT2D eigenvalue weighted by molar-refractivity contribution is 6.06. The van der Waals surface area contributed by atoms with Crippen molar-refractivity contribution in [3.8, 4) is 11.5 Å². The van der Waals surface area contributed by atoms with E-state index < -0.39 is 11.9 Å². The number of carbonyl (C=O) groups is 3. The highest BCUT2D eigenvalue weighted by atomic mass is 16.5. The van der Waals surface area contributed by atoms with Crippen LogP contribution >= 0.6 is 0 Å². The number of nitrogens with zero attached hydrogens (tertiary/aromatic N) is 1. The van der Waals surface area contributed by atoms with E-state index in [1.807, 2.05) is 31.3 Å². The molecule has 35 heavy (non-hydrogen) atoms. The number of anilines is 2. The molecule has 1 heterocycles. The summed E-state index contributed by atoms with van der Waals surface area (Å²) in [7, 11) is 1.99. The molecule has 3 aromatic rings. The van der Waals surface area contributed by atoms with Gasteiger partial charge in [0.15, 0.2) is 6.29 Å². The maximum atomic E-state index is 12.9. The van der Waals surface area contributed by atoms with Crippen molar-refractivity contribution in [2.75, 3.05) is 30.4 Å². The van der Waals surface area contributed by atoms with Gasteiger partial charge in [0.25, 0.3) is 5.91 Å². The lowest BCUT2D eigenvalue weighted by molar-refractivity contribution is -0.136. The van der Waals surface area contributed by atoms with Crippen molar-refractivity contribution in [2.24, 2.45) is 0 Å². The normalized spacial score (nSPS) is 14.5. The van der Waals surface area contributed by atoms with Crippen molar-refractivity contribution >= 4 is 29.5 Å². The Balaban J connectivity index is 1.46. The number of carbonyl (C=O) groups excluding carboxylic acids is 2. The molecule has 0 aliphatic carbocycles. The number of benzene rings is 3. The van der Waals surface area contributed by atoms with Crippen LogP contribution in [0.15, 0.2) is 60.7 Å². The highest BCUT2D eigenvalue weighted by Gasteiger charge is 2.24. The van der Waals surface area contributed by atoms with E-state index in [0.29, 0.717) is 41.0 Å². The van der Waals surface area contributed by atoms with E-state index in [1.54, 1.807) is 37.3 Å². The molecule has 4 rings (SSSR count). The molecule has 180 valence electrons. The smallest absolute Gasteiger partial charge is 0.307 e. The van der Waals surface area contributed by atoms with Gasteiger partial charge < -0.3 is 24.8 Å². The number of hydrogen-bond acceptors (Lipinski definition) is 6. The molecule has 0 fully saturated rings. The SMILES string of the molecule is Cc1cc(OC[C@@H]2CN(C)c3ccccc3O2)c(C=O)cc1C(=O)Nc1cccc(CC(=O)O)c1. The number of nitrogens with one attached hydrogen (secondary N) is 1. The maximum Gasteiger partial charge on any atom is 0.307 e. The average molecular weight is 475 g/mol. The second-order valence-electron chi connectivity index (χ2n) is 8.45. The third-order valence-electron chi connectivity index (χ3n) is 5.74. The summed E-state index contributed by atoms with van der Waals surface area (Å²) in [4.78, 5) is 37.7. The number of likely N-dealkylation sites (N-methyl/N-ethyl adjacent to an activating group) is 1. The van der Waals surface area contributed by atoms with Crippen LogP contribution in [0, 0.1) is 6.92 Å². The standard InChI is InChI=1S/C27H26N2O6/c1-17-10-25(34-16-21-14-29(2)23-8-3-4-9-24(23)35-21)19(15-30)13-22(17)27(33)28-20-7-5-6-18(11-20)12-26(31)32/h3-11,13,15,21H,12,14,16H2,1-2H3,(H,28,33)(H,31,32)/t21-/m0/s1. The minimum atomic E-state index is -0.954. The molecular formula is C27H26N2O6. The van der Waals surface area contributed by atoms with E-state index in [1.165, 1.54) is 6.07 Å². The molecule has 3 aromatic carbocycles. The predicted octanol–water partition coefficient (Wildman–Crippen LogP) is 3.96. The fourth-order valence-corrected chi connectivity index (χ4v) is 4.05. The number of aryl methyl sites for hydroxylation is 1. The first-order valence-corrected chi connectivity index (χ1v) is 11.2. The van der Waals surface area contributed by atoms with Crippen LogP contribution in [-0.2, 0) is 11.2 Å². The van der Waals surface area contributed by atoms with Crippen molar-refractivity contribution in [3.05, 3.63) is 82.9 Å². The number of hydrogen-bond donors (Lipinski definition) is 2. The number of amides is 1. The monoisotopic (exact) mass is 474 g/mol. The van der Waals surface area contributed by atoms with Gasteiger partial charge in [0.05, 0.1) is 24.2 Å². The fourth-order valence-electron chi connectivity index (χ4n) is 4.05. The summed E-state index contributed by atoms with van der Waals surface area (Å²) in [6.45, 7) is 2.63. The van der Waals surface area contributed by atoms with Gasteiger partial charge in [-0.25, -0.2) is 0 Å². The van der Waals surface area contributed by atoms with E-state index in [2.05, 4.69) is 10.2 Å². The lowest BCUT2D eigenvalue weighted by Gasteiger charge is -2.33. The van der Waals surface area contributed by atoms with E-state index in [-0.39, 0.29) is 24.7 Å². The number of carboxylic acids is 1. The zero-order valence-corrected chi connectivity index (χ0v) is 19.5. The van der Waals surface area contributed by atoms with Gasteiger partial charge in [0, 0.05) is 18.3 Å². The molecule has 1 aliphatic rings. The van der Waals surface area contributed by atoms with Gasteiger partial charge in [-0.1, -0.05) is 24.3 Å². The molecule has 0 radical (unpaired) electrons. The largest absolute Gasteiger partial charge is 0.489 e. The second-order valence-corrected chi connectivity index (χ2v) is 8.45. The maximum absolute atomic E-state index is 12.9. The van der Waals surface area contributed by atoms with Crippen LogP contribution in [0.25, 0.3) is 0 Å². The van der Waals surface area contributed by atoms with E-state index in [4.69, 9.17) is 14.6 Å². The number of ether oxygens (including phenoxy) is 2. The highest BCUT2D eigenvalue weighted by Crippen LogP contribution is 2.32. The molecule has 8 nitrogen and oxygen atoms in total. The number of para-hydroxylation sites is 2. The Hall–Kier alpha value is -4.33. The van der Waals surface area contributed by atoms with Crippen molar-refractivity contribution < 1.29 is 29.0 Å². The molecule has 0 bridgehead atoms. The van der Waals surface area contributed by atoms with Gasteiger partial charge in [0.2, 0.25) is 0 Å². The number of rotatable bonds is 8. The predicted molar refractivity (Wildman–Crippen MR) is 132 cm³/mol. The summed E-state index contributed by atoms with van der Waals surface area (Å²) in [5.74, 6) is -0.202. The quantitative estimate of drug-likeness (QED) is 0.476. The van der Waals surface area contributed by atoms with Crippen molar-refractivity contribution in [1.82, 2.24) is 0 Å². The Morgan fingerprint density at radius 2 is 1.97 bits per heavy atom. The fraction of sp³-hybridized carbons (Fsp3) is 0.222. The van der Waals surface area contributed by atoms with Crippen LogP contribution in [-0.4, -0.2) is 49.6 Å².